The minimum Gasteiger partial charge on any atom is -0.475 e. The quantitative estimate of drug-likeness (QED) is 0.513. The number of carbonyl (C=O) groups is 1. The Bertz CT molecular complexity index is 145. The first kappa shape index (κ1) is 18.2. The molecule has 0 aromatic heterocycles. The molecule has 2 radical (unpaired) electrons. The Balaban J connectivity index is 0. The van der Waals surface area contributed by atoms with Gasteiger partial charge < -0.3 is 18.3 Å². The highest BCUT2D eigenvalue weighted by atomic mass is 31.2. The van der Waals surface area contributed by atoms with Gasteiger partial charge >= 0.3 is 8.60 Å². The van der Waals surface area contributed by atoms with Gasteiger partial charge in [0.05, 0.1) is 26.4 Å². The van der Waals surface area contributed by atoms with Crippen LogP contribution in [0.3, 0.4) is 0 Å². The molecule has 0 N–H and O–H groups in total. The number of hydrogen-bond acceptors (Lipinski definition) is 5. The van der Waals surface area contributed by atoms with Crippen molar-refractivity contribution in [1.82, 2.24) is 0 Å². The second kappa shape index (κ2) is 14.8. The minimum absolute atomic E-state index is 0.356. The molecule has 0 bridgehead atoms. The largest absolute Gasteiger partial charge is 0.475 e. The van der Waals surface area contributed by atoms with Crippen LogP contribution in [0.1, 0.15) is 27.7 Å². The van der Waals surface area contributed by atoms with E-state index in [1.54, 1.807) is 6.92 Å². The molecule has 5 nitrogen and oxygen atoms in total. The van der Waals surface area contributed by atoms with E-state index in [-0.39, 0.29) is 0 Å². The van der Waals surface area contributed by atoms with E-state index in [1.165, 1.54) is 0 Å². The molecule has 0 aromatic carbocycles. The maximum atomic E-state index is 9.60. The lowest BCUT2D eigenvalue weighted by Crippen LogP contribution is -1.98. The zero-order chi connectivity index (χ0) is 12.8. The molecule has 0 aliphatic heterocycles. The van der Waals surface area contributed by atoms with Crippen LogP contribution in [0.5, 0.6) is 0 Å². The zero-order valence-electron chi connectivity index (χ0n) is 10.4. The smallest absolute Gasteiger partial charge is 0.332 e. The number of ether oxygens (including phenoxy) is 1. The first-order valence-corrected chi connectivity index (χ1v) is 6.32. The van der Waals surface area contributed by atoms with E-state index in [1.807, 2.05) is 20.8 Å². The summed E-state index contributed by atoms with van der Waals surface area (Å²) in [5.74, 6) is -0.711. The van der Waals surface area contributed by atoms with Gasteiger partial charge in [0.15, 0.2) is 0 Å². The van der Waals surface area contributed by atoms with E-state index in [4.69, 9.17) is 13.6 Å². The average molecular weight is 250 g/mol. The summed E-state index contributed by atoms with van der Waals surface area (Å²) in [5.41, 5.74) is 0. The molecule has 16 heavy (non-hydrogen) atoms. The van der Waals surface area contributed by atoms with Crippen molar-refractivity contribution in [2.45, 2.75) is 27.7 Å². The Morgan fingerprint density at radius 3 is 1.44 bits per heavy atom. The summed E-state index contributed by atoms with van der Waals surface area (Å²) in [7, 11) is 3.48. The van der Waals surface area contributed by atoms with Crippen LogP contribution < -0.4 is 0 Å². The molecule has 0 saturated heterocycles. The standard InChI is InChI=1S/C6H15O3P.C3H5BO2/c1-4-7-10(8-5-2)9-6-3;1-2-6-3(4)5/h4-6H2,1-3H3;2H2,1H3. The third kappa shape index (κ3) is 16.3. The van der Waals surface area contributed by atoms with Gasteiger partial charge in [-0.2, -0.15) is 0 Å². The van der Waals surface area contributed by atoms with Gasteiger partial charge in [-0.1, -0.05) is 0 Å². The fourth-order valence-electron chi connectivity index (χ4n) is 0.570. The molecule has 0 rings (SSSR count). The Morgan fingerprint density at radius 2 is 1.31 bits per heavy atom. The molecule has 0 saturated carbocycles. The Labute approximate surface area is 100 Å². The predicted molar refractivity (Wildman–Crippen MR) is 64.6 cm³/mol. The van der Waals surface area contributed by atoms with Crippen LogP contribution in [0, 0.1) is 0 Å². The Morgan fingerprint density at radius 1 is 0.938 bits per heavy atom. The monoisotopic (exact) mass is 250 g/mol. The van der Waals surface area contributed by atoms with Gasteiger partial charge in [-0.3, -0.25) is 4.79 Å². The van der Waals surface area contributed by atoms with E-state index in [2.05, 4.69) is 12.6 Å². The van der Waals surface area contributed by atoms with Crippen LogP contribution in [0.15, 0.2) is 0 Å². The van der Waals surface area contributed by atoms with Crippen molar-refractivity contribution in [3.05, 3.63) is 0 Å². The van der Waals surface area contributed by atoms with Gasteiger partial charge in [-0.25, -0.2) is 0 Å². The third-order valence-corrected chi connectivity index (χ3v) is 2.40. The fraction of sp³-hybridized carbons (Fsp3) is 0.889. The molecule has 0 aliphatic carbocycles. The maximum Gasteiger partial charge on any atom is 0.332 e. The summed E-state index contributed by atoms with van der Waals surface area (Å²) in [6.07, 6.45) is 0. The second-order valence-corrected chi connectivity index (χ2v) is 3.45. The highest BCUT2D eigenvalue weighted by Gasteiger charge is 2.07. The van der Waals surface area contributed by atoms with Crippen molar-refractivity contribution in [3.8, 4) is 0 Å². The van der Waals surface area contributed by atoms with E-state index < -0.39 is 14.5 Å². The summed E-state index contributed by atoms with van der Waals surface area (Å²) in [5, 5.41) is 0. The molecule has 0 heterocycles. The summed E-state index contributed by atoms with van der Waals surface area (Å²) >= 11 is 0. The predicted octanol–water partition coefficient (Wildman–Crippen LogP) is 2.63. The first-order valence-electron chi connectivity index (χ1n) is 5.23. The summed E-state index contributed by atoms with van der Waals surface area (Å²) in [6.45, 7) is 9.76. The van der Waals surface area contributed by atoms with Crippen molar-refractivity contribution in [2.75, 3.05) is 26.4 Å². The molecular formula is C9H20BO5P. The normalized spacial score (nSPS) is 9.56. The third-order valence-electron chi connectivity index (χ3n) is 0.990. The molecule has 7 heteroatoms. The summed E-state index contributed by atoms with van der Waals surface area (Å²) in [6, 6.07) is 0. The molecule has 0 aliphatic rings. The van der Waals surface area contributed by atoms with E-state index in [0.717, 1.165) is 0 Å². The van der Waals surface area contributed by atoms with Crippen molar-refractivity contribution < 1.29 is 23.1 Å². The van der Waals surface area contributed by atoms with Crippen molar-refractivity contribution in [1.29, 1.82) is 0 Å². The lowest BCUT2D eigenvalue weighted by Gasteiger charge is -2.12. The van der Waals surface area contributed by atoms with E-state index in [9.17, 15) is 4.79 Å². The zero-order valence-corrected chi connectivity index (χ0v) is 11.3. The van der Waals surface area contributed by atoms with Crippen molar-refractivity contribution in [2.24, 2.45) is 0 Å². The molecule has 0 unspecified atom stereocenters. The Hall–Kier alpha value is -0.155. The lowest BCUT2D eigenvalue weighted by atomic mass is 10.2. The molecule has 0 spiro atoms. The van der Waals surface area contributed by atoms with Crippen LogP contribution in [0.2, 0.25) is 0 Å². The first-order chi connectivity index (χ1) is 7.62. The summed E-state index contributed by atoms with van der Waals surface area (Å²) in [4.78, 5) is 9.60. The fourth-order valence-corrected chi connectivity index (χ4v) is 1.43. The number of carbonyl (C=O) groups excluding carboxylic acids is 1. The van der Waals surface area contributed by atoms with Crippen molar-refractivity contribution >= 4 is 22.3 Å². The molecule has 0 fully saturated rings. The highest BCUT2D eigenvalue weighted by Crippen LogP contribution is 2.38. The van der Waals surface area contributed by atoms with Crippen molar-refractivity contribution in [3.63, 3.8) is 0 Å². The molecular weight excluding hydrogens is 230 g/mol. The molecule has 0 atom stereocenters. The number of hydrogen-bond donors (Lipinski definition) is 0. The molecule has 0 amide bonds. The maximum absolute atomic E-state index is 9.60. The van der Waals surface area contributed by atoms with Gasteiger partial charge in [0.2, 0.25) is 13.7 Å². The van der Waals surface area contributed by atoms with Crippen LogP contribution in [0.4, 0.5) is 4.79 Å². The summed E-state index contributed by atoms with van der Waals surface area (Å²) < 4.78 is 19.6. The lowest BCUT2D eigenvalue weighted by molar-refractivity contribution is 0.176. The van der Waals surface area contributed by atoms with Crippen LogP contribution in [0.25, 0.3) is 0 Å². The minimum atomic E-state index is -1.06. The highest BCUT2D eigenvalue weighted by molar-refractivity contribution is 7.41. The van der Waals surface area contributed by atoms with Gasteiger partial charge in [-0.15, -0.1) is 0 Å². The van der Waals surface area contributed by atoms with Gasteiger partial charge in [0.1, 0.15) is 0 Å². The van der Waals surface area contributed by atoms with Gasteiger partial charge in [0.25, 0.3) is 0 Å². The second-order valence-electron chi connectivity index (χ2n) is 2.23. The van der Waals surface area contributed by atoms with Gasteiger partial charge in [0, 0.05) is 0 Å². The topological polar surface area (TPSA) is 54.0 Å². The average Bonchev–Trinajstić information content (AvgIpc) is 2.19. The molecule has 94 valence electrons. The van der Waals surface area contributed by atoms with Crippen LogP contribution >= 0.6 is 8.60 Å². The van der Waals surface area contributed by atoms with E-state index >= 15 is 0 Å². The molecule has 0 aromatic rings. The van der Waals surface area contributed by atoms with E-state index in [0.29, 0.717) is 26.4 Å². The van der Waals surface area contributed by atoms with Gasteiger partial charge in [-0.05, 0) is 27.7 Å². The number of rotatable bonds is 7. The van der Waals surface area contributed by atoms with Crippen LogP contribution in [-0.4, -0.2) is 40.1 Å². The Kier molecular flexibility index (Phi) is 16.9. The SMILES string of the molecule is CCOP(OCC)OCC.[B]C(=O)OCC. The van der Waals surface area contributed by atoms with Crippen LogP contribution in [-0.2, 0) is 18.3 Å².